The zero-order chi connectivity index (χ0) is 16.6. The molecule has 0 bridgehead atoms. The van der Waals surface area contributed by atoms with Gasteiger partial charge in [0.15, 0.2) is 11.5 Å². The van der Waals surface area contributed by atoms with Crippen LogP contribution in [-0.4, -0.2) is 39.6 Å². The van der Waals surface area contributed by atoms with Crippen LogP contribution in [0.4, 0.5) is 0 Å². The predicted octanol–water partition coefficient (Wildman–Crippen LogP) is 2.41. The molecule has 0 unspecified atom stereocenters. The average Bonchev–Trinajstić information content (AvgIpc) is 2.91. The van der Waals surface area contributed by atoms with Gasteiger partial charge in [0.25, 0.3) is 0 Å². The van der Waals surface area contributed by atoms with E-state index < -0.39 is 11.9 Å². The molecule has 8 heteroatoms. The van der Waals surface area contributed by atoms with Crippen LogP contribution in [0.2, 0.25) is 0 Å². The van der Waals surface area contributed by atoms with Crippen molar-refractivity contribution in [2.75, 3.05) is 13.2 Å². The van der Waals surface area contributed by atoms with Crippen LogP contribution < -0.4 is 0 Å². The van der Waals surface area contributed by atoms with Crippen LogP contribution in [0.25, 0.3) is 11.4 Å². The number of rotatable bonds is 4. The lowest BCUT2D eigenvalue weighted by Crippen LogP contribution is -2.14. The van der Waals surface area contributed by atoms with E-state index in [0.29, 0.717) is 16.4 Å². The summed E-state index contributed by atoms with van der Waals surface area (Å²) in [7, 11) is 0. The molecule has 0 saturated heterocycles. The minimum atomic E-state index is -0.644. The molecule has 0 atom stereocenters. The lowest BCUT2D eigenvalue weighted by atomic mass is 10.2. The summed E-state index contributed by atoms with van der Waals surface area (Å²) in [5.74, 6) is -1.41. The first-order valence-corrected chi connectivity index (χ1v) is 7.87. The largest absolute Gasteiger partial charge is 0.504 e. The normalized spacial score (nSPS) is 13.3. The van der Waals surface area contributed by atoms with Gasteiger partial charge in [-0.05, 0) is 26.0 Å². The Labute approximate surface area is 135 Å². The summed E-state index contributed by atoms with van der Waals surface area (Å²) < 4.78 is 11.6. The Balaban J connectivity index is 2.18. The van der Waals surface area contributed by atoms with Crippen LogP contribution in [0.1, 0.15) is 30.0 Å². The number of pyridine rings is 1. The van der Waals surface area contributed by atoms with Gasteiger partial charge in [-0.15, -0.1) is 0 Å². The van der Waals surface area contributed by atoms with Gasteiger partial charge in [-0.1, -0.05) is 17.8 Å². The summed E-state index contributed by atoms with van der Waals surface area (Å²) in [5, 5.41) is 10.8. The first-order chi connectivity index (χ1) is 11.1. The van der Waals surface area contributed by atoms with E-state index in [1.807, 2.05) is 0 Å². The number of imidazole rings is 1. The summed E-state index contributed by atoms with van der Waals surface area (Å²) >= 11 is 0.948. The van der Waals surface area contributed by atoms with Crippen molar-refractivity contribution in [2.45, 2.75) is 18.9 Å². The van der Waals surface area contributed by atoms with E-state index >= 15 is 0 Å². The van der Waals surface area contributed by atoms with E-state index in [1.165, 1.54) is 0 Å². The molecule has 120 valence electrons. The van der Waals surface area contributed by atoms with E-state index in [0.717, 1.165) is 11.8 Å². The zero-order valence-corrected chi connectivity index (χ0v) is 13.3. The van der Waals surface area contributed by atoms with Gasteiger partial charge in [-0.2, -0.15) is 0 Å². The summed E-state index contributed by atoms with van der Waals surface area (Å²) in [6, 6.07) is 5.03. The molecule has 0 radical (unpaired) electrons. The molecule has 3 heterocycles. The minimum absolute atomic E-state index is 0.0258. The SMILES string of the molecule is CCOC(=O)C1=C(O)c2cccc3nc(C(=O)OCC)c(n23)S1. The van der Waals surface area contributed by atoms with E-state index in [9.17, 15) is 14.7 Å². The number of aromatic nitrogens is 2. The molecule has 3 rings (SSSR count). The fourth-order valence-corrected chi connectivity index (χ4v) is 3.32. The number of esters is 2. The van der Waals surface area contributed by atoms with Crippen molar-refractivity contribution >= 4 is 35.1 Å². The van der Waals surface area contributed by atoms with Gasteiger partial charge < -0.3 is 14.6 Å². The highest BCUT2D eigenvalue weighted by molar-refractivity contribution is 8.04. The molecule has 23 heavy (non-hydrogen) atoms. The second kappa shape index (κ2) is 5.96. The van der Waals surface area contributed by atoms with E-state index in [1.54, 1.807) is 36.4 Å². The Morgan fingerprint density at radius 1 is 1.22 bits per heavy atom. The average molecular weight is 334 g/mol. The number of aliphatic hydroxyl groups is 1. The van der Waals surface area contributed by atoms with Gasteiger partial charge in [-0.3, -0.25) is 4.40 Å². The molecule has 7 nitrogen and oxygen atoms in total. The molecule has 0 aliphatic carbocycles. The first kappa shape index (κ1) is 15.4. The van der Waals surface area contributed by atoms with Crippen molar-refractivity contribution in [3.05, 3.63) is 34.5 Å². The molecular weight excluding hydrogens is 320 g/mol. The van der Waals surface area contributed by atoms with E-state index in [-0.39, 0.29) is 29.6 Å². The van der Waals surface area contributed by atoms with Crippen molar-refractivity contribution in [3.8, 4) is 0 Å². The molecule has 0 amide bonds. The highest BCUT2D eigenvalue weighted by Crippen LogP contribution is 2.40. The van der Waals surface area contributed by atoms with Crippen LogP contribution >= 0.6 is 11.8 Å². The third-order valence-electron chi connectivity index (χ3n) is 3.19. The van der Waals surface area contributed by atoms with Gasteiger partial charge in [-0.25, -0.2) is 14.6 Å². The first-order valence-electron chi connectivity index (χ1n) is 7.05. The van der Waals surface area contributed by atoms with Gasteiger partial charge in [0, 0.05) is 0 Å². The Morgan fingerprint density at radius 2 is 1.91 bits per heavy atom. The van der Waals surface area contributed by atoms with E-state index in [2.05, 4.69) is 4.98 Å². The lowest BCUT2D eigenvalue weighted by Gasteiger charge is -2.17. The number of carbonyl (C=O) groups excluding carboxylic acids is 2. The van der Waals surface area contributed by atoms with Crippen molar-refractivity contribution < 1.29 is 24.2 Å². The Kier molecular flexibility index (Phi) is 3.99. The number of carbonyl (C=O) groups is 2. The van der Waals surface area contributed by atoms with Crippen LogP contribution in [-0.2, 0) is 14.3 Å². The highest BCUT2D eigenvalue weighted by atomic mass is 32.2. The van der Waals surface area contributed by atoms with E-state index in [4.69, 9.17) is 9.47 Å². The Hall–Kier alpha value is -2.48. The molecule has 1 aliphatic heterocycles. The lowest BCUT2D eigenvalue weighted by molar-refractivity contribution is -0.137. The third kappa shape index (κ3) is 2.44. The van der Waals surface area contributed by atoms with Gasteiger partial charge in [0.05, 0.1) is 18.9 Å². The number of ether oxygens (including phenoxy) is 2. The quantitative estimate of drug-likeness (QED) is 0.859. The molecule has 0 spiro atoms. The van der Waals surface area contributed by atoms with Crippen LogP contribution in [0.3, 0.4) is 0 Å². The van der Waals surface area contributed by atoms with Crippen molar-refractivity contribution in [3.63, 3.8) is 0 Å². The zero-order valence-electron chi connectivity index (χ0n) is 12.5. The predicted molar refractivity (Wildman–Crippen MR) is 83.2 cm³/mol. The van der Waals surface area contributed by atoms with Crippen molar-refractivity contribution in [1.29, 1.82) is 0 Å². The standard InChI is InChI=1S/C15H14N2O5S/c1-3-21-14(19)10-13-17-8(6-5-7-9(17)16-10)11(18)12(23-13)15(20)22-4-2/h5-7,18H,3-4H2,1-2H3. The third-order valence-corrected chi connectivity index (χ3v) is 4.32. The molecule has 1 N–H and O–H groups in total. The monoisotopic (exact) mass is 334 g/mol. The number of hydrogen-bond acceptors (Lipinski definition) is 7. The summed E-state index contributed by atoms with van der Waals surface area (Å²) in [6.45, 7) is 3.78. The molecule has 1 aliphatic rings. The Morgan fingerprint density at radius 3 is 2.61 bits per heavy atom. The topological polar surface area (TPSA) is 90.1 Å². The Bertz CT molecular complexity index is 840. The second-order valence-corrected chi connectivity index (χ2v) is 5.59. The molecule has 2 aromatic heterocycles. The van der Waals surface area contributed by atoms with Gasteiger partial charge in [0.1, 0.15) is 15.6 Å². The molecule has 0 aromatic carbocycles. The smallest absolute Gasteiger partial charge is 0.359 e. The summed E-state index contributed by atoms with van der Waals surface area (Å²) in [5.41, 5.74) is 0.975. The van der Waals surface area contributed by atoms with Crippen molar-refractivity contribution in [1.82, 2.24) is 9.38 Å². The highest BCUT2D eigenvalue weighted by Gasteiger charge is 2.32. The summed E-state index contributed by atoms with van der Waals surface area (Å²) in [4.78, 5) is 28.4. The molecule has 0 saturated carbocycles. The van der Waals surface area contributed by atoms with Crippen LogP contribution in [0.15, 0.2) is 28.1 Å². The van der Waals surface area contributed by atoms with Crippen molar-refractivity contribution in [2.24, 2.45) is 0 Å². The van der Waals surface area contributed by atoms with Gasteiger partial charge in [0.2, 0.25) is 0 Å². The van der Waals surface area contributed by atoms with Crippen LogP contribution in [0, 0.1) is 0 Å². The minimum Gasteiger partial charge on any atom is -0.504 e. The maximum Gasteiger partial charge on any atom is 0.359 e. The molecular formula is C15H14N2O5S. The fraction of sp³-hybridized carbons (Fsp3) is 0.267. The molecule has 2 aromatic rings. The number of thioether (sulfide) groups is 1. The maximum absolute atomic E-state index is 12.1. The fourth-order valence-electron chi connectivity index (χ4n) is 2.27. The second-order valence-electron chi connectivity index (χ2n) is 4.59. The molecule has 0 fully saturated rings. The number of aliphatic hydroxyl groups excluding tert-OH is 1. The summed E-state index contributed by atoms with van der Waals surface area (Å²) in [6.07, 6.45) is 0. The number of nitrogens with zero attached hydrogens (tertiary/aromatic N) is 2. The maximum atomic E-state index is 12.1. The van der Waals surface area contributed by atoms with Crippen LogP contribution in [0.5, 0.6) is 0 Å². The van der Waals surface area contributed by atoms with Gasteiger partial charge >= 0.3 is 11.9 Å². The number of hydrogen-bond donors (Lipinski definition) is 1.